The van der Waals surface area contributed by atoms with E-state index in [0.717, 1.165) is 28.1 Å². The molecular weight excluding hydrogens is 249 g/mol. The van der Waals surface area contributed by atoms with E-state index >= 15 is 0 Å². The molecule has 0 aliphatic heterocycles. The molecule has 1 N–H and O–H groups in total. The molecule has 0 fully saturated rings. The number of anilines is 1. The van der Waals surface area contributed by atoms with E-state index in [1.54, 1.807) is 0 Å². The molecule has 0 aromatic heterocycles. The summed E-state index contributed by atoms with van der Waals surface area (Å²) in [5, 5.41) is 3.91. The van der Waals surface area contributed by atoms with E-state index in [4.69, 9.17) is 18.0 Å². The second-order valence-corrected chi connectivity index (χ2v) is 3.80. The lowest BCUT2D eigenvalue weighted by atomic mass is 10.3. The molecule has 0 spiro atoms. The Labute approximate surface area is 91.6 Å². The van der Waals surface area contributed by atoms with Crippen LogP contribution >= 0.6 is 27.5 Å². The van der Waals surface area contributed by atoms with Gasteiger partial charge in [0.25, 0.3) is 0 Å². The van der Waals surface area contributed by atoms with Crippen LogP contribution in [-0.4, -0.2) is 6.54 Å². The minimum atomic E-state index is 0.717. The van der Waals surface area contributed by atoms with E-state index in [-0.39, 0.29) is 0 Å². The van der Waals surface area contributed by atoms with Crippen molar-refractivity contribution in [3.8, 4) is 12.3 Å². The van der Waals surface area contributed by atoms with Gasteiger partial charge < -0.3 is 5.32 Å². The third kappa shape index (κ3) is 3.30. The Morgan fingerprint density at radius 1 is 1.54 bits per heavy atom. The fourth-order valence-electron chi connectivity index (χ4n) is 0.902. The molecule has 1 rings (SSSR count). The zero-order chi connectivity index (χ0) is 9.68. The second-order valence-electron chi connectivity index (χ2n) is 2.51. The molecule has 3 heteroatoms. The summed E-state index contributed by atoms with van der Waals surface area (Å²) in [5.41, 5.74) is 1.01. The van der Waals surface area contributed by atoms with Crippen molar-refractivity contribution in [1.82, 2.24) is 0 Å². The highest BCUT2D eigenvalue weighted by atomic mass is 79.9. The lowest BCUT2D eigenvalue weighted by Crippen LogP contribution is -2.00. The van der Waals surface area contributed by atoms with Crippen LogP contribution in [0.5, 0.6) is 0 Å². The Kier molecular flexibility index (Phi) is 4.14. The van der Waals surface area contributed by atoms with Crippen molar-refractivity contribution in [2.24, 2.45) is 0 Å². The monoisotopic (exact) mass is 257 g/mol. The summed E-state index contributed by atoms with van der Waals surface area (Å²) in [5.74, 6) is 2.56. The fraction of sp³-hybridized carbons (Fsp3) is 0.200. The molecule has 13 heavy (non-hydrogen) atoms. The van der Waals surface area contributed by atoms with Crippen LogP contribution in [0.25, 0.3) is 0 Å². The number of nitrogens with one attached hydrogen (secondary N) is 1. The zero-order valence-corrected chi connectivity index (χ0v) is 9.32. The van der Waals surface area contributed by atoms with Crippen molar-refractivity contribution in [1.29, 1.82) is 0 Å². The molecule has 68 valence electrons. The maximum Gasteiger partial charge on any atom is 0.0485 e. The molecule has 0 radical (unpaired) electrons. The van der Waals surface area contributed by atoms with Crippen LogP contribution in [0.2, 0.25) is 5.02 Å². The summed E-state index contributed by atoms with van der Waals surface area (Å²) < 4.78 is 0.956. The van der Waals surface area contributed by atoms with Crippen LogP contribution in [0.1, 0.15) is 6.42 Å². The third-order valence-electron chi connectivity index (χ3n) is 1.52. The van der Waals surface area contributed by atoms with Gasteiger partial charge in [-0.3, -0.25) is 0 Å². The third-order valence-corrected chi connectivity index (χ3v) is 2.41. The van der Waals surface area contributed by atoms with Crippen molar-refractivity contribution in [3.63, 3.8) is 0 Å². The normalized spacial score (nSPS) is 9.31. The average Bonchev–Trinajstić information content (AvgIpc) is 2.09. The average molecular weight is 259 g/mol. The number of hydrogen-bond donors (Lipinski definition) is 1. The first-order valence-corrected chi connectivity index (χ1v) is 5.03. The van der Waals surface area contributed by atoms with Gasteiger partial charge in [-0.05, 0) is 34.1 Å². The van der Waals surface area contributed by atoms with Crippen molar-refractivity contribution in [2.75, 3.05) is 11.9 Å². The predicted octanol–water partition coefficient (Wildman–Crippen LogP) is 3.54. The van der Waals surface area contributed by atoms with Gasteiger partial charge in [0.05, 0.1) is 0 Å². The summed E-state index contributed by atoms with van der Waals surface area (Å²) in [4.78, 5) is 0. The highest BCUT2D eigenvalue weighted by molar-refractivity contribution is 9.10. The van der Waals surface area contributed by atoms with Crippen molar-refractivity contribution < 1.29 is 0 Å². The topological polar surface area (TPSA) is 12.0 Å². The van der Waals surface area contributed by atoms with E-state index in [1.165, 1.54) is 0 Å². The van der Waals surface area contributed by atoms with Gasteiger partial charge in [0.15, 0.2) is 0 Å². The van der Waals surface area contributed by atoms with E-state index < -0.39 is 0 Å². The van der Waals surface area contributed by atoms with Gasteiger partial charge in [-0.15, -0.1) is 12.3 Å². The molecule has 0 unspecified atom stereocenters. The smallest absolute Gasteiger partial charge is 0.0485 e. The van der Waals surface area contributed by atoms with Crippen molar-refractivity contribution >= 4 is 33.2 Å². The van der Waals surface area contributed by atoms with E-state index in [0.29, 0.717) is 0 Å². The van der Waals surface area contributed by atoms with E-state index in [9.17, 15) is 0 Å². The first-order valence-electron chi connectivity index (χ1n) is 3.86. The van der Waals surface area contributed by atoms with Crippen LogP contribution < -0.4 is 5.32 Å². The van der Waals surface area contributed by atoms with Crippen LogP contribution in [0, 0.1) is 12.3 Å². The van der Waals surface area contributed by atoms with E-state index in [1.807, 2.05) is 18.2 Å². The van der Waals surface area contributed by atoms with Crippen molar-refractivity contribution in [2.45, 2.75) is 6.42 Å². The molecule has 1 aromatic carbocycles. The largest absolute Gasteiger partial charge is 0.383 e. The molecule has 0 amide bonds. The SMILES string of the molecule is C#CCCNc1ccc(Cl)cc1Br. The first-order chi connectivity index (χ1) is 6.24. The maximum atomic E-state index is 5.79. The summed E-state index contributed by atoms with van der Waals surface area (Å²) in [6.45, 7) is 0.775. The lowest BCUT2D eigenvalue weighted by molar-refractivity contribution is 1.10. The van der Waals surface area contributed by atoms with E-state index in [2.05, 4.69) is 27.2 Å². The van der Waals surface area contributed by atoms with Crippen LogP contribution in [0.4, 0.5) is 5.69 Å². The Balaban J connectivity index is 2.62. The number of benzene rings is 1. The Bertz CT molecular complexity index is 330. The van der Waals surface area contributed by atoms with Gasteiger partial charge in [-0.2, -0.15) is 0 Å². The molecule has 0 aliphatic rings. The Hall–Kier alpha value is -0.650. The minimum absolute atomic E-state index is 0.717. The summed E-state index contributed by atoms with van der Waals surface area (Å²) in [6.07, 6.45) is 5.85. The zero-order valence-electron chi connectivity index (χ0n) is 6.98. The summed E-state index contributed by atoms with van der Waals surface area (Å²) >= 11 is 9.19. The van der Waals surface area contributed by atoms with Gasteiger partial charge in [0.1, 0.15) is 0 Å². The van der Waals surface area contributed by atoms with Crippen molar-refractivity contribution in [3.05, 3.63) is 27.7 Å². The molecule has 0 saturated carbocycles. The van der Waals surface area contributed by atoms with Gasteiger partial charge in [-0.25, -0.2) is 0 Å². The molecule has 0 aliphatic carbocycles. The predicted molar refractivity (Wildman–Crippen MR) is 61.1 cm³/mol. The highest BCUT2D eigenvalue weighted by Gasteiger charge is 1.98. The summed E-state index contributed by atoms with van der Waals surface area (Å²) in [7, 11) is 0. The molecule has 0 heterocycles. The number of terminal acetylenes is 1. The summed E-state index contributed by atoms with van der Waals surface area (Å²) in [6, 6.07) is 5.60. The maximum absolute atomic E-state index is 5.79. The van der Waals surface area contributed by atoms with Crippen LogP contribution in [0.15, 0.2) is 22.7 Å². The van der Waals surface area contributed by atoms with Gasteiger partial charge in [0, 0.05) is 28.1 Å². The molecule has 0 bridgehead atoms. The number of hydrogen-bond acceptors (Lipinski definition) is 1. The quantitative estimate of drug-likeness (QED) is 0.646. The number of rotatable bonds is 3. The molecular formula is C10H9BrClN. The van der Waals surface area contributed by atoms with Gasteiger partial charge in [0.2, 0.25) is 0 Å². The Morgan fingerprint density at radius 3 is 2.92 bits per heavy atom. The minimum Gasteiger partial charge on any atom is -0.383 e. The molecule has 1 aromatic rings. The fourth-order valence-corrected chi connectivity index (χ4v) is 1.73. The lowest BCUT2D eigenvalue weighted by Gasteiger charge is -2.06. The van der Waals surface area contributed by atoms with Gasteiger partial charge in [-0.1, -0.05) is 11.6 Å². The highest BCUT2D eigenvalue weighted by Crippen LogP contribution is 2.25. The van der Waals surface area contributed by atoms with Crippen LogP contribution in [-0.2, 0) is 0 Å². The van der Waals surface area contributed by atoms with Gasteiger partial charge >= 0.3 is 0 Å². The molecule has 0 saturated heterocycles. The molecule has 1 nitrogen and oxygen atoms in total. The molecule has 0 atom stereocenters. The Morgan fingerprint density at radius 2 is 2.31 bits per heavy atom. The second kappa shape index (κ2) is 5.16. The standard InChI is InChI=1S/C10H9BrClN/c1-2-3-6-13-10-5-4-8(12)7-9(10)11/h1,4-5,7,13H,3,6H2. The number of halogens is 2. The first kappa shape index (κ1) is 10.4. The van der Waals surface area contributed by atoms with Crippen LogP contribution in [0.3, 0.4) is 0 Å².